The second kappa shape index (κ2) is 8.44. The van der Waals surface area contributed by atoms with Gasteiger partial charge in [0.25, 0.3) is 5.91 Å². The van der Waals surface area contributed by atoms with Gasteiger partial charge in [-0.2, -0.15) is 5.26 Å². The van der Waals surface area contributed by atoms with Crippen LogP contribution in [0.5, 0.6) is 0 Å². The molecule has 0 aromatic heterocycles. The number of esters is 1. The number of rotatable bonds is 6. The molecule has 0 aliphatic rings. The summed E-state index contributed by atoms with van der Waals surface area (Å²) >= 11 is 0. The Bertz CT molecular complexity index is 992. The van der Waals surface area contributed by atoms with Gasteiger partial charge in [0.2, 0.25) is 10.0 Å². The van der Waals surface area contributed by atoms with E-state index in [-0.39, 0.29) is 16.1 Å². The van der Waals surface area contributed by atoms with Gasteiger partial charge in [0.1, 0.15) is 0 Å². The maximum Gasteiger partial charge on any atom is 0.338 e. The Morgan fingerprint density at radius 2 is 1.81 bits per heavy atom. The third-order valence-corrected chi connectivity index (χ3v) is 5.29. The lowest BCUT2D eigenvalue weighted by Crippen LogP contribution is -2.23. The molecule has 2 aromatic rings. The lowest BCUT2D eigenvalue weighted by Gasteiger charge is -2.12. The van der Waals surface area contributed by atoms with Gasteiger partial charge in [0, 0.05) is 19.8 Å². The summed E-state index contributed by atoms with van der Waals surface area (Å²) in [5, 5.41) is 11.2. The fourth-order valence-corrected chi connectivity index (χ4v) is 2.99. The van der Waals surface area contributed by atoms with Crippen molar-refractivity contribution in [1.29, 1.82) is 5.26 Å². The maximum absolute atomic E-state index is 12.1. The van der Waals surface area contributed by atoms with E-state index in [9.17, 15) is 18.0 Å². The number of benzene rings is 2. The molecule has 0 bridgehead atoms. The molecule has 0 saturated heterocycles. The van der Waals surface area contributed by atoms with Crippen molar-refractivity contribution >= 4 is 27.6 Å². The minimum absolute atomic E-state index is 0.0277. The summed E-state index contributed by atoms with van der Waals surface area (Å²) in [5.74, 6) is -1.32. The first-order valence-corrected chi connectivity index (χ1v) is 9.18. The molecule has 0 aliphatic heterocycles. The second-order valence-corrected chi connectivity index (χ2v) is 7.78. The quantitative estimate of drug-likeness (QED) is 0.753. The van der Waals surface area contributed by atoms with Crippen LogP contribution in [0.4, 0.5) is 5.69 Å². The SMILES string of the molecule is CN(C)S(=O)(=O)c1cccc(NC(=O)COC(=O)c2ccc(C#N)cc2)c1. The summed E-state index contributed by atoms with van der Waals surface area (Å²) in [7, 11) is -0.817. The molecule has 0 spiro atoms. The zero-order chi connectivity index (χ0) is 20.0. The molecule has 8 nitrogen and oxygen atoms in total. The lowest BCUT2D eigenvalue weighted by atomic mass is 10.1. The normalized spacial score (nSPS) is 10.9. The first-order valence-electron chi connectivity index (χ1n) is 7.74. The number of nitriles is 1. The Hall–Kier alpha value is -3.22. The summed E-state index contributed by atoms with van der Waals surface area (Å²) < 4.78 is 30.2. The van der Waals surface area contributed by atoms with Crippen molar-refractivity contribution in [3.63, 3.8) is 0 Å². The standard InChI is InChI=1S/C18H17N3O5S/c1-21(2)27(24,25)16-5-3-4-15(10-16)20-17(22)12-26-18(23)14-8-6-13(11-19)7-9-14/h3-10H,12H2,1-2H3,(H,20,22). The van der Waals surface area contributed by atoms with Crippen LogP contribution in [0, 0.1) is 11.3 Å². The first-order chi connectivity index (χ1) is 12.7. The number of carbonyl (C=O) groups is 2. The number of amides is 1. The largest absolute Gasteiger partial charge is 0.452 e. The average molecular weight is 387 g/mol. The summed E-state index contributed by atoms with van der Waals surface area (Å²) in [5.41, 5.74) is 0.870. The monoisotopic (exact) mass is 387 g/mol. The molecule has 0 aliphatic carbocycles. The van der Waals surface area contributed by atoms with Crippen LogP contribution in [0.1, 0.15) is 15.9 Å². The van der Waals surface area contributed by atoms with Crippen LogP contribution < -0.4 is 5.32 Å². The molecule has 2 rings (SSSR count). The average Bonchev–Trinajstić information content (AvgIpc) is 2.66. The van der Waals surface area contributed by atoms with Crippen molar-refractivity contribution in [2.75, 3.05) is 26.0 Å². The van der Waals surface area contributed by atoms with E-state index in [0.29, 0.717) is 5.56 Å². The molecular weight excluding hydrogens is 370 g/mol. The van der Waals surface area contributed by atoms with Crippen LogP contribution >= 0.6 is 0 Å². The predicted octanol–water partition coefficient (Wildman–Crippen LogP) is 1.60. The van der Waals surface area contributed by atoms with Gasteiger partial charge in [-0.25, -0.2) is 17.5 Å². The number of nitrogens with one attached hydrogen (secondary N) is 1. The van der Waals surface area contributed by atoms with Crippen molar-refractivity contribution < 1.29 is 22.7 Å². The Kier molecular flexibility index (Phi) is 6.28. The van der Waals surface area contributed by atoms with Gasteiger partial charge in [-0.3, -0.25) is 4.79 Å². The number of ether oxygens (including phenoxy) is 1. The third-order valence-electron chi connectivity index (χ3n) is 3.48. The number of nitrogens with zero attached hydrogens (tertiary/aromatic N) is 2. The maximum atomic E-state index is 12.1. The fourth-order valence-electron chi connectivity index (χ4n) is 2.04. The molecule has 0 radical (unpaired) electrons. The molecule has 9 heteroatoms. The summed E-state index contributed by atoms with van der Waals surface area (Å²) in [6.07, 6.45) is 0. The minimum Gasteiger partial charge on any atom is -0.452 e. The van der Waals surface area contributed by atoms with Gasteiger partial charge in [-0.1, -0.05) is 6.07 Å². The fraction of sp³-hybridized carbons (Fsp3) is 0.167. The van der Waals surface area contributed by atoms with Crippen LogP contribution in [-0.4, -0.2) is 45.3 Å². The van der Waals surface area contributed by atoms with E-state index in [4.69, 9.17) is 10.00 Å². The third kappa shape index (κ3) is 5.13. The van der Waals surface area contributed by atoms with Gasteiger partial charge < -0.3 is 10.1 Å². The van der Waals surface area contributed by atoms with Crippen LogP contribution in [0.2, 0.25) is 0 Å². The number of hydrogen-bond donors (Lipinski definition) is 1. The molecule has 0 atom stereocenters. The van der Waals surface area contributed by atoms with Gasteiger partial charge in [-0.15, -0.1) is 0 Å². The van der Waals surface area contributed by atoms with Crippen LogP contribution in [0.15, 0.2) is 53.4 Å². The highest BCUT2D eigenvalue weighted by Gasteiger charge is 2.18. The van der Waals surface area contributed by atoms with E-state index >= 15 is 0 Å². The topological polar surface area (TPSA) is 117 Å². The molecule has 0 fully saturated rings. The Morgan fingerprint density at radius 1 is 1.15 bits per heavy atom. The minimum atomic E-state index is -3.63. The van der Waals surface area contributed by atoms with E-state index in [1.54, 1.807) is 0 Å². The van der Waals surface area contributed by atoms with Crippen molar-refractivity contribution in [2.45, 2.75) is 4.90 Å². The molecular formula is C18H17N3O5S. The van der Waals surface area contributed by atoms with E-state index < -0.39 is 28.5 Å². The Balaban J connectivity index is 1.98. The van der Waals surface area contributed by atoms with Crippen LogP contribution in [0.3, 0.4) is 0 Å². The van der Waals surface area contributed by atoms with Crippen molar-refractivity contribution in [1.82, 2.24) is 4.31 Å². The zero-order valence-corrected chi connectivity index (χ0v) is 15.5. The Labute approximate surface area is 157 Å². The van der Waals surface area contributed by atoms with Crippen LogP contribution in [0.25, 0.3) is 0 Å². The van der Waals surface area contributed by atoms with E-state index in [1.165, 1.54) is 62.6 Å². The highest BCUT2D eigenvalue weighted by Crippen LogP contribution is 2.18. The highest BCUT2D eigenvalue weighted by molar-refractivity contribution is 7.89. The number of sulfonamides is 1. The molecule has 0 saturated carbocycles. The van der Waals surface area contributed by atoms with Gasteiger partial charge in [0.05, 0.1) is 22.1 Å². The first kappa shape index (κ1) is 20.1. The van der Waals surface area contributed by atoms with E-state index in [1.807, 2.05) is 6.07 Å². The zero-order valence-electron chi connectivity index (χ0n) is 14.7. The molecule has 0 heterocycles. The Morgan fingerprint density at radius 3 is 2.41 bits per heavy atom. The lowest BCUT2D eigenvalue weighted by molar-refractivity contribution is -0.119. The number of hydrogen-bond acceptors (Lipinski definition) is 6. The van der Waals surface area contributed by atoms with Crippen LogP contribution in [-0.2, 0) is 19.6 Å². The molecule has 140 valence electrons. The molecule has 27 heavy (non-hydrogen) atoms. The van der Waals surface area contributed by atoms with E-state index in [0.717, 1.165) is 4.31 Å². The van der Waals surface area contributed by atoms with Gasteiger partial charge in [0.15, 0.2) is 6.61 Å². The van der Waals surface area contributed by atoms with E-state index in [2.05, 4.69) is 5.32 Å². The van der Waals surface area contributed by atoms with Crippen molar-refractivity contribution in [3.8, 4) is 6.07 Å². The van der Waals surface area contributed by atoms with Crippen molar-refractivity contribution in [3.05, 3.63) is 59.7 Å². The molecule has 0 unspecified atom stereocenters. The smallest absolute Gasteiger partial charge is 0.338 e. The van der Waals surface area contributed by atoms with Gasteiger partial charge >= 0.3 is 5.97 Å². The highest BCUT2D eigenvalue weighted by atomic mass is 32.2. The predicted molar refractivity (Wildman–Crippen MR) is 97.4 cm³/mol. The number of carbonyl (C=O) groups excluding carboxylic acids is 2. The summed E-state index contributed by atoms with van der Waals surface area (Å²) in [4.78, 5) is 23.9. The summed E-state index contributed by atoms with van der Waals surface area (Å²) in [6.45, 7) is -0.538. The van der Waals surface area contributed by atoms with Gasteiger partial charge in [-0.05, 0) is 42.5 Å². The second-order valence-electron chi connectivity index (χ2n) is 5.63. The van der Waals surface area contributed by atoms with Crippen molar-refractivity contribution in [2.24, 2.45) is 0 Å². The summed E-state index contributed by atoms with van der Waals surface area (Å²) in [6, 6.07) is 13.5. The number of anilines is 1. The molecule has 2 aromatic carbocycles. The molecule has 1 amide bonds. The molecule has 1 N–H and O–H groups in total.